The average Bonchev–Trinajstić information content (AvgIpc) is 3.34. The summed E-state index contributed by atoms with van der Waals surface area (Å²) in [4.78, 5) is 15.5. The lowest BCUT2D eigenvalue weighted by Gasteiger charge is -2.20. The number of aromatic nitrogens is 1. The molecule has 1 amide bonds. The van der Waals surface area contributed by atoms with Crippen LogP contribution in [0.3, 0.4) is 0 Å². The number of rotatable bonds is 11. The smallest absolute Gasteiger partial charge is 0.268 e. The van der Waals surface area contributed by atoms with Gasteiger partial charge in [0.05, 0.1) is 19.9 Å². The minimum atomic E-state index is -0.0698. The van der Waals surface area contributed by atoms with Crippen molar-refractivity contribution in [3.8, 4) is 5.75 Å². The van der Waals surface area contributed by atoms with Crippen LogP contribution in [0, 0.1) is 0 Å². The van der Waals surface area contributed by atoms with Gasteiger partial charge in [0.2, 0.25) is 5.71 Å². The van der Waals surface area contributed by atoms with Crippen LogP contribution >= 0.6 is 0 Å². The van der Waals surface area contributed by atoms with Crippen LogP contribution in [0.5, 0.6) is 5.75 Å². The molecular formula is C24H33N3O3. The second-order valence-electron chi connectivity index (χ2n) is 7.69. The number of nitrogens with zero attached hydrogens (tertiary/aromatic N) is 2. The molecule has 162 valence electrons. The molecule has 0 fully saturated rings. The van der Waals surface area contributed by atoms with Crippen LogP contribution in [0.25, 0.3) is 11.1 Å². The van der Waals surface area contributed by atoms with Gasteiger partial charge in [-0.3, -0.25) is 4.79 Å². The maximum absolute atomic E-state index is 13.1. The summed E-state index contributed by atoms with van der Waals surface area (Å²) in [6.45, 7) is 10.2. The molecule has 0 saturated carbocycles. The Morgan fingerprint density at radius 1 is 1.23 bits per heavy atom. The molecule has 0 radical (unpaired) electrons. The molecular weight excluding hydrogens is 378 g/mol. The summed E-state index contributed by atoms with van der Waals surface area (Å²) in [5.41, 5.74) is 2.37. The van der Waals surface area contributed by atoms with Gasteiger partial charge in [-0.15, -0.1) is 0 Å². The average molecular weight is 412 g/mol. The van der Waals surface area contributed by atoms with E-state index in [9.17, 15) is 4.79 Å². The quantitative estimate of drug-likeness (QED) is 0.504. The Morgan fingerprint density at radius 3 is 2.77 bits per heavy atom. The Labute approximate surface area is 178 Å². The van der Waals surface area contributed by atoms with Crippen molar-refractivity contribution in [2.75, 3.05) is 26.7 Å². The van der Waals surface area contributed by atoms with Crippen molar-refractivity contribution in [3.63, 3.8) is 0 Å². The summed E-state index contributed by atoms with van der Waals surface area (Å²) in [6, 6.07) is 11.8. The standard InChI is InChI=1S/C24H33N3O3/c1-5-26(6-2)13-8-9-18(3)25-23(28)22-16-20-12-14-30-24(20)27(22)17-19-10-7-11-21(15-19)29-4/h7,10-12,14-16,18H,5-6,8-9,13,17H2,1-4H3,(H,25,28). The lowest BCUT2D eigenvalue weighted by atomic mass is 10.1. The van der Waals surface area contributed by atoms with Gasteiger partial charge in [-0.05, 0) is 69.2 Å². The number of amides is 1. The fourth-order valence-corrected chi connectivity index (χ4v) is 3.80. The molecule has 0 aliphatic heterocycles. The zero-order valence-electron chi connectivity index (χ0n) is 18.5. The van der Waals surface area contributed by atoms with Gasteiger partial charge in [0.15, 0.2) is 0 Å². The number of methoxy groups -OCH3 is 1. The molecule has 1 unspecified atom stereocenters. The summed E-state index contributed by atoms with van der Waals surface area (Å²) in [6.07, 6.45) is 3.68. The highest BCUT2D eigenvalue weighted by molar-refractivity contribution is 5.97. The van der Waals surface area contributed by atoms with Crippen molar-refractivity contribution in [3.05, 3.63) is 53.9 Å². The van der Waals surface area contributed by atoms with Crippen molar-refractivity contribution in [1.29, 1.82) is 0 Å². The van der Waals surface area contributed by atoms with Crippen molar-refractivity contribution >= 4 is 17.0 Å². The lowest BCUT2D eigenvalue weighted by Crippen LogP contribution is -2.34. The topological polar surface area (TPSA) is 59.6 Å². The number of fused-ring (bicyclic) bond motifs is 1. The first kappa shape index (κ1) is 22.0. The predicted octanol–water partition coefficient (Wildman–Crippen LogP) is 4.53. The maximum Gasteiger partial charge on any atom is 0.268 e. The highest BCUT2D eigenvalue weighted by atomic mass is 16.5. The normalized spacial score (nSPS) is 12.4. The van der Waals surface area contributed by atoms with E-state index in [1.54, 1.807) is 13.4 Å². The van der Waals surface area contributed by atoms with Gasteiger partial charge >= 0.3 is 0 Å². The first-order chi connectivity index (χ1) is 14.5. The molecule has 0 spiro atoms. The third-order valence-corrected chi connectivity index (χ3v) is 5.59. The fourth-order valence-electron chi connectivity index (χ4n) is 3.80. The van der Waals surface area contributed by atoms with E-state index in [4.69, 9.17) is 9.15 Å². The third kappa shape index (κ3) is 5.25. The molecule has 6 heteroatoms. The van der Waals surface area contributed by atoms with Crippen molar-refractivity contribution in [1.82, 2.24) is 14.8 Å². The predicted molar refractivity (Wildman–Crippen MR) is 120 cm³/mol. The molecule has 1 aromatic carbocycles. The fraction of sp³-hybridized carbons (Fsp3) is 0.458. The molecule has 6 nitrogen and oxygen atoms in total. The van der Waals surface area contributed by atoms with Crippen LogP contribution in [-0.4, -0.2) is 48.2 Å². The molecule has 1 atom stereocenters. The second kappa shape index (κ2) is 10.3. The van der Waals surface area contributed by atoms with Crippen LogP contribution < -0.4 is 10.1 Å². The minimum Gasteiger partial charge on any atom is -0.497 e. The SMILES string of the molecule is CCN(CC)CCCC(C)NC(=O)c1cc2ccoc2n1Cc1cccc(OC)c1. The van der Waals surface area contributed by atoms with Crippen LogP contribution in [-0.2, 0) is 6.54 Å². The molecule has 30 heavy (non-hydrogen) atoms. The molecule has 2 heterocycles. The number of nitrogens with one attached hydrogen (secondary N) is 1. The molecule has 2 aromatic heterocycles. The number of hydrogen-bond donors (Lipinski definition) is 1. The largest absolute Gasteiger partial charge is 0.497 e. The first-order valence-electron chi connectivity index (χ1n) is 10.8. The monoisotopic (exact) mass is 411 g/mol. The van der Waals surface area contributed by atoms with E-state index in [-0.39, 0.29) is 11.9 Å². The third-order valence-electron chi connectivity index (χ3n) is 5.59. The molecule has 0 aliphatic carbocycles. The van der Waals surface area contributed by atoms with Crippen LogP contribution in [0.15, 0.2) is 47.1 Å². The van der Waals surface area contributed by atoms with E-state index >= 15 is 0 Å². The van der Waals surface area contributed by atoms with Crippen molar-refractivity contribution < 1.29 is 13.9 Å². The van der Waals surface area contributed by atoms with Gasteiger partial charge in [-0.25, -0.2) is 0 Å². The zero-order chi connectivity index (χ0) is 21.5. The summed E-state index contributed by atoms with van der Waals surface area (Å²) in [7, 11) is 1.65. The number of furan rings is 1. The number of hydrogen-bond acceptors (Lipinski definition) is 4. The summed E-state index contributed by atoms with van der Waals surface area (Å²) >= 11 is 0. The van der Waals surface area contributed by atoms with Gasteiger partial charge < -0.3 is 23.9 Å². The Bertz CT molecular complexity index is 956. The van der Waals surface area contributed by atoms with E-state index in [0.717, 1.165) is 49.2 Å². The molecule has 3 rings (SSSR count). The highest BCUT2D eigenvalue weighted by Crippen LogP contribution is 2.24. The summed E-state index contributed by atoms with van der Waals surface area (Å²) < 4.78 is 12.9. The minimum absolute atomic E-state index is 0.0698. The van der Waals surface area contributed by atoms with Crippen LogP contribution in [0.1, 0.15) is 49.7 Å². The van der Waals surface area contributed by atoms with E-state index in [1.807, 2.05) is 41.0 Å². The Balaban J connectivity index is 1.71. The molecule has 3 aromatic rings. The Hall–Kier alpha value is -2.73. The van der Waals surface area contributed by atoms with Crippen molar-refractivity contribution in [2.24, 2.45) is 0 Å². The van der Waals surface area contributed by atoms with Gasteiger partial charge in [0.25, 0.3) is 5.91 Å². The van der Waals surface area contributed by atoms with Gasteiger partial charge in [0.1, 0.15) is 11.4 Å². The first-order valence-corrected chi connectivity index (χ1v) is 10.8. The van der Waals surface area contributed by atoms with Gasteiger partial charge in [-0.1, -0.05) is 26.0 Å². The Kier molecular flexibility index (Phi) is 7.57. The highest BCUT2D eigenvalue weighted by Gasteiger charge is 2.19. The number of ether oxygens (including phenoxy) is 1. The second-order valence-corrected chi connectivity index (χ2v) is 7.69. The number of carbonyl (C=O) groups excluding carboxylic acids is 1. The number of benzene rings is 1. The van der Waals surface area contributed by atoms with E-state index in [2.05, 4.69) is 31.0 Å². The van der Waals surface area contributed by atoms with E-state index < -0.39 is 0 Å². The molecule has 1 N–H and O–H groups in total. The zero-order valence-corrected chi connectivity index (χ0v) is 18.5. The summed E-state index contributed by atoms with van der Waals surface area (Å²) in [5.74, 6) is 0.725. The molecule has 0 aliphatic rings. The molecule has 0 bridgehead atoms. The number of carbonyl (C=O) groups is 1. The van der Waals surface area contributed by atoms with Gasteiger partial charge in [0, 0.05) is 11.4 Å². The van der Waals surface area contributed by atoms with Gasteiger partial charge in [-0.2, -0.15) is 0 Å². The maximum atomic E-state index is 13.1. The summed E-state index contributed by atoms with van der Waals surface area (Å²) in [5, 5.41) is 4.09. The lowest BCUT2D eigenvalue weighted by molar-refractivity contribution is 0.0928. The van der Waals surface area contributed by atoms with Crippen LogP contribution in [0.4, 0.5) is 0 Å². The van der Waals surface area contributed by atoms with E-state index in [1.165, 1.54) is 0 Å². The van der Waals surface area contributed by atoms with Crippen LogP contribution in [0.2, 0.25) is 0 Å². The van der Waals surface area contributed by atoms with E-state index in [0.29, 0.717) is 18.0 Å². The van der Waals surface area contributed by atoms with Crippen molar-refractivity contribution in [2.45, 2.75) is 46.2 Å². The molecule has 0 saturated heterocycles. The Morgan fingerprint density at radius 2 is 2.03 bits per heavy atom.